The van der Waals surface area contributed by atoms with E-state index in [-0.39, 0.29) is 87.6 Å². The molecule has 0 radical (unpaired) electrons. The normalized spacial score (nSPS) is 10.1. The Morgan fingerprint density at radius 2 is 1.91 bits per heavy atom. The first kappa shape index (κ1) is 25.5. The molecule has 0 saturated heterocycles. The number of methoxy groups -OCH3 is 1. The molecule has 0 aliphatic rings. The zero-order chi connectivity index (χ0) is 15.9. The van der Waals surface area contributed by atoms with Crippen LogP contribution >= 0.6 is 0 Å². The van der Waals surface area contributed by atoms with Crippen molar-refractivity contribution >= 4 is 16.9 Å². The summed E-state index contributed by atoms with van der Waals surface area (Å²) >= 11 is 0. The number of unbranched alkanes of at least 4 members (excludes halogenated alkanes) is 1. The molecule has 0 aliphatic carbocycles. The van der Waals surface area contributed by atoms with Gasteiger partial charge in [-0.25, -0.2) is 4.79 Å². The van der Waals surface area contributed by atoms with Crippen LogP contribution in [0.1, 0.15) is 50.5 Å². The van der Waals surface area contributed by atoms with Crippen LogP contribution in [0.2, 0.25) is 0 Å². The number of aromatic carboxylic acids is 1. The van der Waals surface area contributed by atoms with E-state index in [4.69, 9.17) is 9.84 Å². The number of aromatic amines is 1. The molecule has 0 bridgehead atoms. The number of aromatic nitrogens is 1. The van der Waals surface area contributed by atoms with Gasteiger partial charge in [-0.05, 0) is 32.4 Å². The van der Waals surface area contributed by atoms with Crippen LogP contribution in [0.4, 0.5) is 0 Å². The van der Waals surface area contributed by atoms with Crippen LogP contribution in [0, 0.1) is 7.43 Å². The number of carboxylic acids is 1. The van der Waals surface area contributed by atoms with Crippen molar-refractivity contribution in [3.8, 4) is 0 Å². The molecule has 1 aromatic heterocycles. The Morgan fingerprint density at radius 3 is 2.39 bits per heavy atom. The molecule has 0 atom stereocenters. The SMILES string of the molecule is CCCCC(C)(C)OC.O=C(O)c1cc2ccccc2[nH]1.[CH3-].[Cs+]. The smallest absolute Gasteiger partial charge is 0.477 e. The summed E-state index contributed by atoms with van der Waals surface area (Å²) in [5.41, 5.74) is 1.18. The minimum absolute atomic E-state index is 0. The van der Waals surface area contributed by atoms with E-state index in [9.17, 15) is 4.79 Å². The molecule has 2 N–H and O–H groups in total. The Balaban J connectivity index is 0. The second-order valence-electron chi connectivity index (χ2n) is 5.64. The maximum absolute atomic E-state index is 10.5. The average Bonchev–Trinajstić information content (AvgIpc) is 2.90. The molecule has 5 heteroatoms. The molecule has 124 valence electrons. The molecule has 0 amide bonds. The molecule has 0 saturated carbocycles. The van der Waals surface area contributed by atoms with Crippen LogP contribution < -0.4 is 68.9 Å². The summed E-state index contributed by atoms with van der Waals surface area (Å²) in [5, 5.41) is 9.58. The van der Waals surface area contributed by atoms with E-state index in [0.717, 1.165) is 10.9 Å². The Morgan fingerprint density at radius 1 is 1.30 bits per heavy atom. The van der Waals surface area contributed by atoms with Gasteiger partial charge in [0.2, 0.25) is 0 Å². The predicted molar refractivity (Wildman–Crippen MR) is 92.3 cm³/mol. The molecule has 2 aromatic rings. The molecule has 0 fully saturated rings. The molecule has 0 spiro atoms. The van der Waals surface area contributed by atoms with E-state index in [1.807, 2.05) is 24.3 Å². The molecule has 0 unspecified atom stereocenters. The Kier molecular flexibility index (Phi) is 13.9. The molecule has 2 rings (SSSR count). The summed E-state index contributed by atoms with van der Waals surface area (Å²) in [6.07, 6.45) is 3.69. The van der Waals surface area contributed by atoms with Gasteiger partial charge in [0.25, 0.3) is 0 Å². The zero-order valence-corrected chi connectivity index (χ0v) is 21.6. The molecule has 1 heterocycles. The largest absolute Gasteiger partial charge is 1.00 e. The molecule has 0 aliphatic heterocycles. The fourth-order valence-electron chi connectivity index (χ4n) is 1.89. The van der Waals surface area contributed by atoms with E-state index < -0.39 is 5.97 Å². The van der Waals surface area contributed by atoms with Crippen molar-refractivity contribution in [3.05, 3.63) is 43.5 Å². The average molecular weight is 439 g/mol. The molecule has 1 aromatic carbocycles. The quantitative estimate of drug-likeness (QED) is 0.700. The first-order valence-electron chi connectivity index (χ1n) is 7.26. The maximum Gasteiger partial charge on any atom is 1.00 e. The van der Waals surface area contributed by atoms with Gasteiger partial charge in [0.1, 0.15) is 5.69 Å². The second-order valence-corrected chi connectivity index (χ2v) is 5.64. The van der Waals surface area contributed by atoms with Crippen molar-refractivity contribution in [2.45, 2.75) is 45.6 Å². The van der Waals surface area contributed by atoms with Crippen molar-refractivity contribution in [1.82, 2.24) is 4.98 Å². The van der Waals surface area contributed by atoms with E-state index >= 15 is 0 Å². The molecule has 23 heavy (non-hydrogen) atoms. The number of carboxylic acid groups (broad SMARTS) is 1. The number of fused-ring (bicyclic) bond motifs is 1. The minimum atomic E-state index is -0.925. The van der Waals surface area contributed by atoms with Gasteiger partial charge in [0.05, 0.1) is 5.60 Å². The van der Waals surface area contributed by atoms with Gasteiger partial charge in [-0.3, -0.25) is 0 Å². The monoisotopic (exact) mass is 439 g/mol. The zero-order valence-electron chi connectivity index (χ0n) is 15.3. The van der Waals surface area contributed by atoms with Crippen LogP contribution in [0.25, 0.3) is 10.9 Å². The Hall–Kier alpha value is 0.242. The number of nitrogens with one attached hydrogen (secondary N) is 1. The number of rotatable bonds is 5. The summed E-state index contributed by atoms with van der Waals surface area (Å²) in [5.74, 6) is -0.925. The Labute approximate surface area is 198 Å². The molecular weight excluding hydrogens is 411 g/mol. The predicted octanol–water partition coefficient (Wildman–Crippen LogP) is 1.92. The summed E-state index contributed by atoms with van der Waals surface area (Å²) in [6.45, 7) is 6.46. The van der Waals surface area contributed by atoms with E-state index in [1.165, 1.54) is 19.3 Å². The minimum Gasteiger partial charge on any atom is -0.477 e. The van der Waals surface area contributed by atoms with E-state index in [2.05, 4.69) is 25.8 Å². The van der Waals surface area contributed by atoms with E-state index in [1.54, 1.807) is 13.2 Å². The number of benzene rings is 1. The number of hydrogen-bond donors (Lipinski definition) is 2. The number of hydrogen-bond acceptors (Lipinski definition) is 2. The van der Waals surface area contributed by atoms with Gasteiger partial charge in [0.15, 0.2) is 0 Å². The summed E-state index contributed by atoms with van der Waals surface area (Å²) in [6, 6.07) is 9.09. The third kappa shape index (κ3) is 9.34. The van der Waals surface area contributed by atoms with Crippen molar-refractivity contribution < 1.29 is 83.5 Å². The first-order chi connectivity index (χ1) is 9.89. The van der Waals surface area contributed by atoms with Crippen molar-refractivity contribution in [2.75, 3.05) is 7.11 Å². The number of carbonyl (C=O) groups is 1. The second kappa shape index (κ2) is 12.6. The number of H-pyrrole nitrogens is 1. The van der Waals surface area contributed by atoms with Crippen molar-refractivity contribution in [1.29, 1.82) is 0 Å². The standard InChI is InChI=1S/C9H7NO2.C8H18O.CH3.Cs/c11-9(12)8-5-6-3-1-2-4-7(6)10-8;1-5-6-7-8(2,3)9-4;;/h1-5,10H,(H,11,12);5-7H2,1-4H3;1H3;/q;;-1;+1. The van der Waals surface area contributed by atoms with Crippen LogP contribution in [0.3, 0.4) is 0 Å². The summed E-state index contributed by atoms with van der Waals surface area (Å²) in [4.78, 5) is 13.3. The van der Waals surface area contributed by atoms with Crippen molar-refractivity contribution in [3.63, 3.8) is 0 Å². The van der Waals surface area contributed by atoms with Gasteiger partial charge in [0, 0.05) is 18.0 Å². The Bertz CT molecular complexity index is 545. The van der Waals surface area contributed by atoms with Crippen LogP contribution in [-0.2, 0) is 4.74 Å². The van der Waals surface area contributed by atoms with Gasteiger partial charge in [-0.15, -0.1) is 0 Å². The summed E-state index contributed by atoms with van der Waals surface area (Å²) < 4.78 is 5.24. The van der Waals surface area contributed by atoms with Gasteiger partial charge in [-0.2, -0.15) is 0 Å². The van der Waals surface area contributed by atoms with Gasteiger partial charge >= 0.3 is 74.9 Å². The van der Waals surface area contributed by atoms with Crippen molar-refractivity contribution in [2.24, 2.45) is 0 Å². The fourth-order valence-corrected chi connectivity index (χ4v) is 1.89. The van der Waals surface area contributed by atoms with E-state index in [0.29, 0.717) is 0 Å². The number of para-hydroxylation sites is 1. The van der Waals surface area contributed by atoms with Crippen LogP contribution in [0.15, 0.2) is 30.3 Å². The third-order valence-corrected chi connectivity index (χ3v) is 3.45. The number of ether oxygens (including phenoxy) is 1. The maximum atomic E-state index is 10.5. The topological polar surface area (TPSA) is 62.3 Å². The summed E-state index contributed by atoms with van der Waals surface area (Å²) in [7, 11) is 1.77. The fraction of sp³-hybridized carbons (Fsp3) is 0.444. The van der Waals surface area contributed by atoms with Gasteiger partial charge in [-0.1, -0.05) is 38.0 Å². The van der Waals surface area contributed by atoms with Crippen LogP contribution in [0.5, 0.6) is 0 Å². The first-order valence-corrected chi connectivity index (χ1v) is 7.26. The van der Waals surface area contributed by atoms with Crippen LogP contribution in [-0.4, -0.2) is 28.8 Å². The molecule has 4 nitrogen and oxygen atoms in total. The molecular formula is C18H28CsNO3. The van der Waals surface area contributed by atoms with Gasteiger partial charge < -0.3 is 22.3 Å². The third-order valence-electron chi connectivity index (χ3n) is 3.45.